The number of alkyl halides is 2. The summed E-state index contributed by atoms with van der Waals surface area (Å²) in [7, 11) is 0. The number of thiazole rings is 1. The smallest absolute Gasteiger partial charge is 0.388 e. The highest BCUT2D eigenvalue weighted by molar-refractivity contribution is 7.15. The summed E-state index contributed by atoms with van der Waals surface area (Å²) in [5.74, 6) is 1.34. The highest BCUT2D eigenvalue weighted by Crippen LogP contribution is 2.38. The molecule has 7 heteroatoms. The average molecular weight is 424 g/mol. The lowest BCUT2D eigenvalue weighted by Gasteiger charge is -2.43. The Bertz CT molecular complexity index is 790. The molecule has 0 saturated carbocycles. The van der Waals surface area contributed by atoms with E-state index in [2.05, 4.69) is 47.3 Å². The maximum absolute atomic E-state index is 12.7. The van der Waals surface area contributed by atoms with Crippen molar-refractivity contribution in [1.82, 2.24) is 14.9 Å². The number of likely N-dealkylation sites (tertiary alicyclic amines) is 1. The lowest BCUT2D eigenvalue weighted by atomic mass is 9.72. The summed E-state index contributed by atoms with van der Waals surface area (Å²) in [5, 5.41) is 0.997. The van der Waals surface area contributed by atoms with Crippen LogP contribution in [0, 0.1) is 17.3 Å². The van der Waals surface area contributed by atoms with E-state index >= 15 is 0 Å². The molecule has 29 heavy (non-hydrogen) atoms. The van der Waals surface area contributed by atoms with Crippen LogP contribution < -0.4 is 4.74 Å². The van der Waals surface area contributed by atoms with Gasteiger partial charge in [-0.25, -0.2) is 9.97 Å². The Hall–Kier alpha value is -1.60. The second kappa shape index (κ2) is 9.47. The molecule has 2 atom stereocenters. The second-order valence-corrected chi connectivity index (χ2v) is 10.1. The number of rotatable bonds is 7. The zero-order valence-corrected chi connectivity index (χ0v) is 18.5. The molecule has 0 aromatic carbocycles. The van der Waals surface area contributed by atoms with Crippen molar-refractivity contribution in [1.29, 1.82) is 0 Å². The number of pyridine rings is 1. The number of hydrogen-bond acceptors (Lipinski definition) is 5. The molecular weight excluding hydrogens is 392 g/mol. The van der Waals surface area contributed by atoms with E-state index in [1.165, 1.54) is 36.8 Å². The molecule has 3 rings (SSSR count). The van der Waals surface area contributed by atoms with Gasteiger partial charge in [0.2, 0.25) is 5.88 Å². The van der Waals surface area contributed by atoms with Crippen molar-refractivity contribution in [3.8, 4) is 16.3 Å². The minimum absolute atomic E-state index is 0.0496. The molecule has 0 spiro atoms. The van der Waals surface area contributed by atoms with Gasteiger partial charge in [-0.1, -0.05) is 34.1 Å². The molecule has 1 fully saturated rings. The molecule has 1 aliphatic heterocycles. The summed E-state index contributed by atoms with van der Waals surface area (Å²) < 4.78 is 29.9. The maximum Gasteiger partial charge on any atom is 0.388 e. The third kappa shape index (κ3) is 5.95. The van der Waals surface area contributed by atoms with Gasteiger partial charge in [0.1, 0.15) is 5.01 Å². The molecule has 0 aliphatic carbocycles. The molecular formula is C22H31F2N3OS. The average Bonchev–Trinajstić information content (AvgIpc) is 3.09. The van der Waals surface area contributed by atoms with Crippen LogP contribution >= 0.6 is 11.3 Å². The van der Waals surface area contributed by atoms with Crippen LogP contribution in [0.3, 0.4) is 0 Å². The topological polar surface area (TPSA) is 38.2 Å². The van der Waals surface area contributed by atoms with E-state index in [9.17, 15) is 8.78 Å². The minimum atomic E-state index is -2.89. The summed E-state index contributed by atoms with van der Waals surface area (Å²) in [4.78, 5) is 11.8. The Morgan fingerprint density at radius 2 is 2.07 bits per heavy atom. The predicted molar refractivity (Wildman–Crippen MR) is 113 cm³/mol. The van der Waals surface area contributed by atoms with E-state index in [4.69, 9.17) is 0 Å². The largest absolute Gasteiger partial charge is 0.416 e. The molecule has 0 bridgehead atoms. The molecule has 0 radical (unpaired) electrons. The van der Waals surface area contributed by atoms with E-state index in [0.29, 0.717) is 11.5 Å². The molecule has 1 saturated heterocycles. The van der Waals surface area contributed by atoms with Crippen molar-refractivity contribution >= 4 is 11.3 Å². The van der Waals surface area contributed by atoms with Crippen LogP contribution in [-0.2, 0) is 6.54 Å². The molecule has 2 unspecified atom stereocenters. The molecule has 160 valence electrons. The molecule has 0 amide bonds. The van der Waals surface area contributed by atoms with Gasteiger partial charge in [-0.3, -0.25) is 4.90 Å². The predicted octanol–water partition coefficient (Wildman–Crippen LogP) is 6.09. The Morgan fingerprint density at radius 1 is 1.28 bits per heavy atom. The van der Waals surface area contributed by atoms with Crippen LogP contribution in [0.5, 0.6) is 5.88 Å². The summed E-state index contributed by atoms with van der Waals surface area (Å²) in [6.07, 6.45) is 6.96. The Balaban J connectivity index is 1.74. The van der Waals surface area contributed by atoms with Gasteiger partial charge in [-0.2, -0.15) is 8.78 Å². The first-order valence-electron chi connectivity index (χ1n) is 10.3. The standard InChI is InChI=1S/C22H31F2N3OS/c1-5-7-15-10-16(22(2,3)4)13-27(12-15)14-19-26-11-18(29-19)17-8-6-9-25-20(17)28-21(23)24/h6,8-9,11,15-16,21H,5,7,10,12-14H2,1-4H3. The number of piperidine rings is 1. The van der Waals surface area contributed by atoms with E-state index in [1.54, 1.807) is 18.3 Å². The van der Waals surface area contributed by atoms with Gasteiger partial charge in [0.15, 0.2) is 0 Å². The Labute approximate surface area is 176 Å². The van der Waals surface area contributed by atoms with E-state index in [1.807, 2.05) is 0 Å². The number of nitrogens with zero attached hydrogens (tertiary/aromatic N) is 3. The van der Waals surface area contributed by atoms with E-state index < -0.39 is 6.61 Å². The SMILES string of the molecule is CCCC1CC(C(C)(C)C)CN(Cc2ncc(-c3cccnc3OC(F)F)s2)C1. The molecule has 3 heterocycles. The first kappa shape index (κ1) is 22.1. The summed E-state index contributed by atoms with van der Waals surface area (Å²) in [6, 6.07) is 3.47. The van der Waals surface area contributed by atoms with Crippen LogP contribution in [0.4, 0.5) is 8.78 Å². The zero-order valence-electron chi connectivity index (χ0n) is 17.7. The fourth-order valence-electron chi connectivity index (χ4n) is 4.13. The van der Waals surface area contributed by atoms with Crippen molar-refractivity contribution in [2.45, 2.75) is 60.1 Å². The quantitative estimate of drug-likeness (QED) is 0.540. The van der Waals surface area contributed by atoms with Gasteiger partial charge < -0.3 is 4.74 Å². The minimum Gasteiger partial charge on any atom is -0.416 e. The van der Waals surface area contributed by atoms with Crippen LogP contribution in [-0.4, -0.2) is 34.6 Å². The highest BCUT2D eigenvalue weighted by atomic mass is 32.1. The number of halogens is 2. The van der Waals surface area contributed by atoms with Gasteiger partial charge in [-0.05, 0) is 42.2 Å². The van der Waals surface area contributed by atoms with Gasteiger partial charge in [-0.15, -0.1) is 11.3 Å². The summed E-state index contributed by atoms with van der Waals surface area (Å²) in [6.45, 7) is 9.32. The van der Waals surface area contributed by atoms with Crippen LogP contribution in [0.25, 0.3) is 10.4 Å². The molecule has 2 aromatic rings. The van der Waals surface area contributed by atoms with Crippen molar-refractivity contribution in [2.24, 2.45) is 17.3 Å². The van der Waals surface area contributed by atoms with Gasteiger partial charge in [0, 0.05) is 25.5 Å². The Kier molecular flexibility index (Phi) is 7.22. The van der Waals surface area contributed by atoms with Gasteiger partial charge >= 0.3 is 6.61 Å². The summed E-state index contributed by atoms with van der Waals surface area (Å²) >= 11 is 1.53. The molecule has 2 aromatic heterocycles. The van der Waals surface area contributed by atoms with Crippen LogP contribution in [0.1, 0.15) is 52.0 Å². The number of hydrogen-bond donors (Lipinski definition) is 0. The van der Waals surface area contributed by atoms with Gasteiger partial charge in [0.05, 0.1) is 17.0 Å². The molecule has 1 aliphatic rings. The first-order valence-corrected chi connectivity index (χ1v) is 11.1. The monoisotopic (exact) mass is 423 g/mol. The number of aromatic nitrogens is 2. The number of ether oxygens (including phenoxy) is 1. The Morgan fingerprint density at radius 3 is 2.76 bits per heavy atom. The third-order valence-corrected chi connectivity index (χ3v) is 6.70. The fraction of sp³-hybridized carbons (Fsp3) is 0.636. The zero-order chi connectivity index (χ0) is 21.0. The van der Waals surface area contributed by atoms with Crippen molar-refractivity contribution in [3.05, 3.63) is 29.5 Å². The maximum atomic E-state index is 12.7. The molecule has 4 nitrogen and oxygen atoms in total. The second-order valence-electron chi connectivity index (χ2n) is 9.00. The molecule has 0 N–H and O–H groups in total. The highest BCUT2D eigenvalue weighted by Gasteiger charge is 2.34. The van der Waals surface area contributed by atoms with Crippen molar-refractivity contribution < 1.29 is 13.5 Å². The van der Waals surface area contributed by atoms with E-state index in [0.717, 1.165) is 35.4 Å². The van der Waals surface area contributed by atoms with Crippen molar-refractivity contribution in [3.63, 3.8) is 0 Å². The fourth-order valence-corrected chi connectivity index (χ4v) is 5.11. The van der Waals surface area contributed by atoms with Crippen molar-refractivity contribution in [2.75, 3.05) is 13.1 Å². The van der Waals surface area contributed by atoms with Crippen LogP contribution in [0.15, 0.2) is 24.5 Å². The van der Waals surface area contributed by atoms with Gasteiger partial charge in [0.25, 0.3) is 0 Å². The first-order chi connectivity index (χ1) is 13.8. The van der Waals surface area contributed by atoms with E-state index in [-0.39, 0.29) is 11.3 Å². The van der Waals surface area contributed by atoms with Crippen LogP contribution in [0.2, 0.25) is 0 Å². The normalized spacial score (nSPS) is 20.9. The lowest BCUT2D eigenvalue weighted by molar-refractivity contribution is -0.0524. The summed E-state index contributed by atoms with van der Waals surface area (Å²) in [5.41, 5.74) is 0.849. The third-order valence-electron chi connectivity index (χ3n) is 5.68. The lowest BCUT2D eigenvalue weighted by Crippen LogP contribution is -2.44.